The van der Waals surface area contributed by atoms with Crippen molar-refractivity contribution in [1.82, 2.24) is 25.2 Å². The molecule has 0 aliphatic carbocycles. The Morgan fingerprint density at radius 1 is 1.38 bits per heavy atom. The Balaban J connectivity index is 1.58. The Labute approximate surface area is 139 Å². The van der Waals surface area contributed by atoms with Gasteiger partial charge in [0.25, 0.3) is 5.91 Å². The second-order valence-electron chi connectivity index (χ2n) is 6.33. The van der Waals surface area contributed by atoms with Gasteiger partial charge in [0.2, 0.25) is 0 Å². The van der Waals surface area contributed by atoms with Gasteiger partial charge in [-0.15, -0.1) is 0 Å². The van der Waals surface area contributed by atoms with Crippen molar-refractivity contribution < 1.29 is 9.32 Å². The van der Waals surface area contributed by atoms with Crippen molar-refractivity contribution in [1.29, 1.82) is 0 Å². The minimum atomic E-state index is -0.00133. The fraction of sp³-hybridized carbons (Fsp3) is 0.412. The fourth-order valence-corrected chi connectivity index (χ4v) is 3.42. The summed E-state index contributed by atoms with van der Waals surface area (Å²) in [4.78, 5) is 19.4. The lowest BCUT2D eigenvalue weighted by atomic mass is 9.93. The number of carbonyl (C=O) groups is 1. The number of aryl methyl sites for hydroxylation is 2. The van der Waals surface area contributed by atoms with Gasteiger partial charge in [0.05, 0.1) is 11.9 Å². The predicted octanol–water partition coefficient (Wildman–Crippen LogP) is 2.58. The molecule has 1 amide bonds. The lowest BCUT2D eigenvalue weighted by molar-refractivity contribution is 0.0703. The van der Waals surface area contributed by atoms with Gasteiger partial charge in [-0.2, -0.15) is 5.10 Å². The topological polar surface area (TPSA) is 87.9 Å². The Hall–Kier alpha value is -2.70. The van der Waals surface area contributed by atoms with E-state index >= 15 is 0 Å². The zero-order chi connectivity index (χ0) is 16.7. The van der Waals surface area contributed by atoms with E-state index in [1.807, 2.05) is 17.0 Å². The summed E-state index contributed by atoms with van der Waals surface area (Å²) in [6, 6.07) is 4.06. The number of H-pyrrole nitrogens is 1. The molecule has 0 radical (unpaired) electrons. The Morgan fingerprint density at radius 2 is 2.25 bits per heavy atom. The van der Waals surface area contributed by atoms with E-state index < -0.39 is 0 Å². The standard InChI is InChI=1S/C17H19N5O2/c1-10-15(11(2)24-21-10)17(23)22-7-3-4-13(9-22)14-6-5-12-8-18-20-16(12)19-14/h5-6,8,13H,3-4,7,9H2,1-2H3,(H,18,19,20)/t13-/m1/s1. The molecule has 1 atom stereocenters. The van der Waals surface area contributed by atoms with Crippen LogP contribution in [0.1, 0.15) is 46.3 Å². The molecule has 24 heavy (non-hydrogen) atoms. The predicted molar refractivity (Wildman–Crippen MR) is 87.7 cm³/mol. The number of fused-ring (bicyclic) bond motifs is 1. The van der Waals surface area contributed by atoms with Gasteiger partial charge in [-0.05, 0) is 38.8 Å². The third kappa shape index (κ3) is 2.46. The summed E-state index contributed by atoms with van der Waals surface area (Å²) in [6.07, 6.45) is 3.75. The number of carbonyl (C=O) groups excluding carboxylic acids is 1. The van der Waals surface area contributed by atoms with Crippen LogP contribution >= 0.6 is 0 Å². The molecule has 0 bridgehead atoms. The van der Waals surface area contributed by atoms with E-state index in [2.05, 4.69) is 20.3 Å². The molecule has 0 saturated carbocycles. The molecule has 4 heterocycles. The van der Waals surface area contributed by atoms with E-state index in [4.69, 9.17) is 4.52 Å². The third-order valence-corrected chi connectivity index (χ3v) is 4.70. The minimum absolute atomic E-state index is 0.00133. The van der Waals surface area contributed by atoms with Crippen molar-refractivity contribution in [3.05, 3.63) is 41.0 Å². The highest BCUT2D eigenvalue weighted by Gasteiger charge is 2.29. The lowest BCUT2D eigenvalue weighted by Crippen LogP contribution is -2.39. The van der Waals surface area contributed by atoms with Crippen LogP contribution in [0, 0.1) is 13.8 Å². The van der Waals surface area contributed by atoms with Crippen molar-refractivity contribution in [3.8, 4) is 0 Å². The molecule has 1 N–H and O–H groups in total. The summed E-state index contributed by atoms with van der Waals surface area (Å²) >= 11 is 0. The van der Waals surface area contributed by atoms with Gasteiger partial charge in [-0.3, -0.25) is 9.89 Å². The van der Waals surface area contributed by atoms with Gasteiger partial charge in [-0.1, -0.05) is 5.16 Å². The van der Waals surface area contributed by atoms with Crippen LogP contribution in [0.25, 0.3) is 11.0 Å². The zero-order valence-electron chi connectivity index (χ0n) is 13.7. The maximum Gasteiger partial charge on any atom is 0.259 e. The second-order valence-corrected chi connectivity index (χ2v) is 6.33. The van der Waals surface area contributed by atoms with E-state index in [0.717, 1.165) is 36.1 Å². The van der Waals surface area contributed by atoms with E-state index in [1.165, 1.54) is 0 Å². The molecule has 0 aromatic carbocycles. The zero-order valence-corrected chi connectivity index (χ0v) is 13.7. The summed E-state index contributed by atoms with van der Waals surface area (Å²) in [6.45, 7) is 5.00. The number of nitrogens with one attached hydrogen (secondary N) is 1. The van der Waals surface area contributed by atoms with Gasteiger partial charge >= 0.3 is 0 Å². The van der Waals surface area contributed by atoms with Crippen LogP contribution in [0.4, 0.5) is 0 Å². The average Bonchev–Trinajstić information content (AvgIpc) is 3.20. The SMILES string of the molecule is Cc1noc(C)c1C(=O)N1CCC[C@@H](c2ccc3cn[nH]c3n2)C1. The van der Waals surface area contributed by atoms with Crippen molar-refractivity contribution >= 4 is 16.9 Å². The van der Waals surface area contributed by atoms with Crippen LogP contribution in [0.3, 0.4) is 0 Å². The molecule has 124 valence electrons. The summed E-state index contributed by atoms with van der Waals surface area (Å²) in [5, 5.41) is 11.8. The second kappa shape index (κ2) is 5.74. The van der Waals surface area contributed by atoms with Crippen LogP contribution in [-0.2, 0) is 0 Å². The molecule has 7 nitrogen and oxygen atoms in total. The molecule has 3 aromatic heterocycles. The van der Waals surface area contributed by atoms with E-state index in [9.17, 15) is 4.79 Å². The first-order chi connectivity index (χ1) is 11.6. The molecular weight excluding hydrogens is 306 g/mol. The number of hydrogen-bond acceptors (Lipinski definition) is 5. The first-order valence-corrected chi connectivity index (χ1v) is 8.15. The largest absolute Gasteiger partial charge is 0.361 e. The highest BCUT2D eigenvalue weighted by molar-refractivity contribution is 5.96. The van der Waals surface area contributed by atoms with Crippen LogP contribution in [0.5, 0.6) is 0 Å². The van der Waals surface area contributed by atoms with Crippen molar-refractivity contribution in [2.24, 2.45) is 0 Å². The lowest BCUT2D eigenvalue weighted by Gasteiger charge is -2.32. The maximum absolute atomic E-state index is 12.8. The number of hydrogen-bond donors (Lipinski definition) is 1. The molecular formula is C17H19N5O2. The highest BCUT2D eigenvalue weighted by atomic mass is 16.5. The Morgan fingerprint density at radius 3 is 3.04 bits per heavy atom. The molecule has 0 unspecified atom stereocenters. The molecule has 4 rings (SSSR count). The summed E-state index contributed by atoms with van der Waals surface area (Å²) < 4.78 is 5.14. The first kappa shape index (κ1) is 14.9. The van der Waals surface area contributed by atoms with E-state index in [1.54, 1.807) is 20.0 Å². The smallest absolute Gasteiger partial charge is 0.259 e. The van der Waals surface area contributed by atoms with Crippen molar-refractivity contribution in [2.45, 2.75) is 32.6 Å². The number of piperidine rings is 1. The molecule has 0 spiro atoms. The first-order valence-electron chi connectivity index (χ1n) is 8.15. The number of likely N-dealkylation sites (tertiary alicyclic amines) is 1. The number of rotatable bonds is 2. The highest BCUT2D eigenvalue weighted by Crippen LogP contribution is 2.28. The van der Waals surface area contributed by atoms with Crippen LogP contribution in [0.15, 0.2) is 22.9 Å². The number of amides is 1. The van der Waals surface area contributed by atoms with Gasteiger partial charge in [-0.25, -0.2) is 4.98 Å². The van der Waals surface area contributed by atoms with Crippen molar-refractivity contribution in [3.63, 3.8) is 0 Å². The van der Waals surface area contributed by atoms with Gasteiger partial charge in [0.1, 0.15) is 11.3 Å². The van der Waals surface area contributed by atoms with Gasteiger partial charge in [0.15, 0.2) is 5.65 Å². The Bertz CT molecular complexity index is 878. The van der Waals surface area contributed by atoms with Crippen LogP contribution < -0.4 is 0 Å². The minimum Gasteiger partial charge on any atom is -0.361 e. The summed E-state index contributed by atoms with van der Waals surface area (Å²) in [5.41, 5.74) is 3.04. The molecule has 3 aromatic rings. The van der Waals surface area contributed by atoms with E-state index in [-0.39, 0.29) is 11.8 Å². The maximum atomic E-state index is 12.8. The quantitative estimate of drug-likeness (QED) is 0.782. The fourth-order valence-electron chi connectivity index (χ4n) is 3.42. The van der Waals surface area contributed by atoms with Crippen molar-refractivity contribution in [2.75, 3.05) is 13.1 Å². The Kier molecular flexibility index (Phi) is 3.55. The van der Waals surface area contributed by atoms with Gasteiger partial charge in [0, 0.05) is 30.1 Å². The molecule has 1 aliphatic heterocycles. The molecule has 1 fully saturated rings. The molecule has 1 aliphatic rings. The monoisotopic (exact) mass is 325 g/mol. The van der Waals surface area contributed by atoms with Crippen LogP contribution in [-0.4, -0.2) is 44.2 Å². The van der Waals surface area contributed by atoms with Gasteiger partial charge < -0.3 is 9.42 Å². The summed E-state index contributed by atoms with van der Waals surface area (Å²) in [7, 11) is 0. The summed E-state index contributed by atoms with van der Waals surface area (Å²) in [5.74, 6) is 0.811. The molecule has 1 saturated heterocycles. The number of nitrogens with zero attached hydrogens (tertiary/aromatic N) is 4. The number of aromatic nitrogens is 4. The van der Waals surface area contributed by atoms with Crippen LogP contribution in [0.2, 0.25) is 0 Å². The number of pyridine rings is 1. The molecule has 7 heteroatoms. The normalized spacial score (nSPS) is 18.2. The number of aromatic amines is 1. The average molecular weight is 325 g/mol. The van der Waals surface area contributed by atoms with E-state index in [0.29, 0.717) is 23.6 Å². The third-order valence-electron chi connectivity index (χ3n) is 4.70.